The van der Waals surface area contributed by atoms with Gasteiger partial charge in [-0.15, -0.1) is 0 Å². The first-order valence-corrected chi connectivity index (χ1v) is 13.6. The lowest BCUT2D eigenvalue weighted by Crippen LogP contribution is -2.27. The number of hydrogen-bond acceptors (Lipinski definition) is 3. The second-order valence-electron chi connectivity index (χ2n) is 9.11. The fourth-order valence-corrected chi connectivity index (χ4v) is 3.81. The van der Waals surface area contributed by atoms with Gasteiger partial charge in [0.1, 0.15) is 6.42 Å². The summed E-state index contributed by atoms with van der Waals surface area (Å²) < 4.78 is 0. The summed E-state index contributed by atoms with van der Waals surface area (Å²) in [6, 6.07) is 0. The largest absolute Gasteiger partial charge is 0.481 e. The summed E-state index contributed by atoms with van der Waals surface area (Å²) in [5.74, 6) is -2.62. The summed E-state index contributed by atoms with van der Waals surface area (Å²) in [6.45, 7) is 11.0. The van der Waals surface area contributed by atoms with E-state index in [1.165, 1.54) is 135 Å². The number of carboxylic acid groups (broad SMARTS) is 2. The number of carboxylic acids is 2. The molecule has 0 radical (unpaired) electrons. The summed E-state index contributed by atoms with van der Waals surface area (Å²) in [4.78, 5) is 21.6. The maximum absolute atomic E-state index is 9.43. The molecule has 0 aromatic rings. The Labute approximate surface area is 199 Å². The van der Waals surface area contributed by atoms with Crippen LogP contribution in [-0.4, -0.2) is 46.7 Å². The van der Waals surface area contributed by atoms with Crippen molar-refractivity contribution in [2.24, 2.45) is 0 Å². The first kappa shape index (κ1) is 33.1. The number of carbonyl (C=O) groups is 2. The first-order chi connectivity index (χ1) is 15.5. The predicted octanol–water partition coefficient (Wildman–Crippen LogP) is 7.92. The molecule has 0 aromatic heterocycles. The molecule has 192 valence electrons. The molecule has 2 N–H and O–H groups in total. The average Bonchev–Trinajstić information content (AvgIpc) is 2.74. The Bertz CT molecular complexity index is 351. The third-order valence-corrected chi connectivity index (χ3v) is 5.79. The van der Waals surface area contributed by atoms with Gasteiger partial charge in [0.05, 0.1) is 0 Å². The molecule has 0 saturated carbocycles. The lowest BCUT2D eigenvalue weighted by atomic mass is 10.1. The number of nitrogens with zero attached hydrogens (tertiary/aromatic N) is 1. The van der Waals surface area contributed by atoms with Crippen molar-refractivity contribution in [3.8, 4) is 0 Å². The molecule has 0 saturated heterocycles. The normalized spacial score (nSPS) is 10.8. The molecule has 0 aliphatic carbocycles. The lowest BCUT2D eigenvalue weighted by Gasteiger charge is -2.22. The average molecular weight is 458 g/mol. The minimum atomic E-state index is -1.31. The minimum Gasteiger partial charge on any atom is -0.481 e. The summed E-state index contributed by atoms with van der Waals surface area (Å²) in [5.41, 5.74) is 0. The van der Waals surface area contributed by atoms with Gasteiger partial charge in [0.2, 0.25) is 0 Å². The fourth-order valence-electron chi connectivity index (χ4n) is 3.81. The van der Waals surface area contributed by atoms with E-state index in [2.05, 4.69) is 25.7 Å². The summed E-state index contributed by atoms with van der Waals surface area (Å²) >= 11 is 0. The molecular formula is C27H55NO4. The van der Waals surface area contributed by atoms with Crippen molar-refractivity contribution >= 4 is 11.9 Å². The van der Waals surface area contributed by atoms with Crippen LogP contribution >= 0.6 is 0 Å². The molecule has 5 nitrogen and oxygen atoms in total. The second kappa shape index (κ2) is 27.9. The van der Waals surface area contributed by atoms with Gasteiger partial charge in [-0.2, -0.15) is 0 Å². The quantitative estimate of drug-likeness (QED) is 0.120. The van der Waals surface area contributed by atoms with Crippen molar-refractivity contribution in [1.29, 1.82) is 0 Å². The molecule has 0 aliphatic rings. The van der Waals surface area contributed by atoms with Gasteiger partial charge >= 0.3 is 11.9 Å². The van der Waals surface area contributed by atoms with Crippen LogP contribution in [0.5, 0.6) is 0 Å². The standard InChI is InChI=1S/C24H51N.C3H4O4/c1-4-7-10-13-16-19-22-25(23-20-17-14-11-8-5-2)24-21-18-15-12-9-6-3;4-2(5)1-3(6)7/h4-24H2,1-3H3;1H2,(H,4,5)(H,6,7). The minimum absolute atomic E-state index is 0.806. The Kier molecular flexibility index (Phi) is 28.9. The molecule has 0 amide bonds. The SMILES string of the molecule is CCCCCCCCN(CCCCCCCC)CCCCCCCC.O=C(O)CC(=O)O. The van der Waals surface area contributed by atoms with E-state index in [-0.39, 0.29) is 0 Å². The summed E-state index contributed by atoms with van der Waals surface area (Å²) in [6.07, 6.45) is 24.9. The third-order valence-electron chi connectivity index (χ3n) is 5.79. The molecular weight excluding hydrogens is 402 g/mol. The zero-order valence-corrected chi connectivity index (χ0v) is 21.7. The van der Waals surface area contributed by atoms with Crippen LogP contribution in [0.2, 0.25) is 0 Å². The molecule has 0 fully saturated rings. The Balaban J connectivity index is 0. The highest BCUT2D eigenvalue weighted by molar-refractivity contribution is 5.88. The smallest absolute Gasteiger partial charge is 0.314 e. The van der Waals surface area contributed by atoms with Gasteiger partial charge in [-0.25, -0.2) is 0 Å². The molecule has 5 heteroatoms. The molecule has 0 atom stereocenters. The molecule has 0 bridgehead atoms. The summed E-state index contributed by atoms with van der Waals surface area (Å²) in [7, 11) is 0. The maximum Gasteiger partial charge on any atom is 0.314 e. The zero-order chi connectivity index (χ0) is 24.3. The van der Waals surface area contributed by atoms with E-state index in [1.807, 2.05) is 0 Å². The topological polar surface area (TPSA) is 77.8 Å². The van der Waals surface area contributed by atoms with Crippen LogP contribution in [0, 0.1) is 0 Å². The first-order valence-electron chi connectivity index (χ1n) is 13.6. The van der Waals surface area contributed by atoms with Crippen molar-refractivity contribution in [2.45, 2.75) is 143 Å². The Morgan fingerprint density at radius 3 is 0.938 bits per heavy atom. The van der Waals surface area contributed by atoms with Gasteiger partial charge in [0.25, 0.3) is 0 Å². The molecule has 0 spiro atoms. The van der Waals surface area contributed by atoms with Gasteiger partial charge < -0.3 is 15.1 Å². The Morgan fingerprint density at radius 1 is 0.469 bits per heavy atom. The van der Waals surface area contributed by atoms with E-state index in [9.17, 15) is 9.59 Å². The van der Waals surface area contributed by atoms with Gasteiger partial charge in [-0.05, 0) is 38.9 Å². The van der Waals surface area contributed by atoms with Crippen molar-refractivity contribution in [3.63, 3.8) is 0 Å². The lowest BCUT2D eigenvalue weighted by molar-refractivity contribution is -0.147. The fraction of sp³-hybridized carbons (Fsp3) is 0.926. The second-order valence-corrected chi connectivity index (χ2v) is 9.11. The van der Waals surface area contributed by atoms with Crippen molar-refractivity contribution in [1.82, 2.24) is 4.90 Å². The Hall–Kier alpha value is -1.10. The molecule has 0 rings (SSSR count). The number of unbranched alkanes of at least 4 members (excludes halogenated alkanes) is 15. The molecule has 0 unspecified atom stereocenters. The van der Waals surface area contributed by atoms with Crippen LogP contribution in [0.15, 0.2) is 0 Å². The van der Waals surface area contributed by atoms with Crippen LogP contribution in [0.25, 0.3) is 0 Å². The van der Waals surface area contributed by atoms with Crippen molar-refractivity contribution in [3.05, 3.63) is 0 Å². The maximum atomic E-state index is 9.43. The Morgan fingerprint density at radius 2 is 0.719 bits per heavy atom. The highest BCUT2D eigenvalue weighted by Crippen LogP contribution is 2.11. The number of hydrogen-bond donors (Lipinski definition) is 2. The van der Waals surface area contributed by atoms with Crippen LogP contribution in [0.1, 0.15) is 143 Å². The van der Waals surface area contributed by atoms with E-state index in [1.54, 1.807) is 0 Å². The van der Waals surface area contributed by atoms with Gasteiger partial charge in [-0.3, -0.25) is 9.59 Å². The molecule has 0 heterocycles. The van der Waals surface area contributed by atoms with Crippen LogP contribution < -0.4 is 0 Å². The summed E-state index contributed by atoms with van der Waals surface area (Å²) in [5, 5.41) is 15.4. The third kappa shape index (κ3) is 31.1. The number of aliphatic carboxylic acids is 2. The highest BCUT2D eigenvalue weighted by Gasteiger charge is 2.05. The molecule has 0 aromatic carbocycles. The van der Waals surface area contributed by atoms with E-state index >= 15 is 0 Å². The number of rotatable bonds is 23. The monoisotopic (exact) mass is 457 g/mol. The van der Waals surface area contributed by atoms with Gasteiger partial charge in [0, 0.05) is 0 Å². The highest BCUT2D eigenvalue weighted by atomic mass is 16.4. The van der Waals surface area contributed by atoms with Crippen molar-refractivity contribution in [2.75, 3.05) is 19.6 Å². The van der Waals surface area contributed by atoms with Crippen molar-refractivity contribution < 1.29 is 19.8 Å². The van der Waals surface area contributed by atoms with E-state index in [4.69, 9.17) is 10.2 Å². The van der Waals surface area contributed by atoms with E-state index < -0.39 is 18.4 Å². The molecule has 0 aliphatic heterocycles. The van der Waals surface area contributed by atoms with Gasteiger partial charge in [0.15, 0.2) is 0 Å². The van der Waals surface area contributed by atoms with E-state index in [0.717, 1.165) is 0 Å². The van der Waals surface area contributed by atoms with Crippen LogP contribution in [0.4, 0.5) is 0 Å². The van der Waals surface area contributed by atoms with Crippen LogP contribution in [-0.2, 0) is 9.59 Å². The predicted molar refractivity (Wildman–Crippen MR) is 136 cm³/mol. The van der Waals surface area contributed by atoms with Crippen LogP contribution in [0.3, 0.4) is 0 Å². The van der Waals surface area contributed by atoms with Gasteiger partial charge in [-0.1, -0.05) is 117 Å². The molecule has 32 heavy (non-hydrogen) atoms. The van der Waals surface area contributed by atoms with E-state index in [0.29, 0.717) is 0 Å². The zero-order valence-electron chi connectivity index (χ0n) is 21.7.